The monoisotopic (exact) mass is 292 g/mol. The summed E-state index contributed by atoms with van der Waals surface area (Å²) in [6.07, 6.45) is 3.44. The van der Waals surface area contributed by atoms with Crippen molar-refractivity contribution in [3.8, 4) is 5.75 Å². The van der Waals surface area contributed by atoms with Crippen molar-refractivity contribution in [2.24, 2.45) is 11.8 Å². The lowest BCUT2D eigenvalue weighted by Crippen LogP contribution is -2.36. The molecule has 1 aliphatic rings. The molecule has 0 aromatic carbocycles. The highest BCUT2D eigenvalue weighted by Crippen LogP contribution is 2.42. The summed E-state index contributed by atoms with van der Waals surface area (Å²) in [5.41, 5.74) is 0.995. The predicted molar refractivity (Wildman–Crippen MR) is 84.5 cm³/mol. The molecule has 0 spiro atoms. The second-order valence-corrected chi connectivity index (χ2v) is 6.01. The first-order chi connectivity index (χ1) is 10.1. The molecular formula is C17H28N2O2. The Bertz CT molecular complexity index is 452. The van der Waals surface area contributed by atoms with E-state index in [1.54, 1.807) is 7.11 Å². The lowest BCUT2D eigenvalue weighted by atomic mass is 9.81. The smallest absolute Gasteiger partial charge is 0.141 e. The number of aromatic nitrogens is 1. The second kappa shape index (κ2) is 7.23. The van der Waals surface area contributed by atoms with Gasteiger partial charge in [0.25, 0.3) is 0 Å². The summed E-state index contributed by atoms with van der Waals surface area (Å²) in [4.78, 5) is 4.60. The fraction of sp³-hybridized carbons (Fsp3) is 0.706. The van der Waals surface area contributed by atoms with E-state index in [9.17, 15) is 0 Å². The molecule has 0 saturated carbocycles. The number of pyridine rings is 1. The van der Waals surface area contributed by atoms with Crippen molar-refractivity contribution < 1.29 is 9.47 Å². The van der Waals surface area contributed by atoms with E-state index < -0.39 is 0 Å². The van der Waals surface area contributed by atoms with E-state index in [0.29, 0.717) is 11.8 Å². The molecule has 0 radical (unpaired) electrons. The van der Waals surface area contributed by atoms with Crippen molar-refractivity contribution in [1.82, 2.24) is 10.3 Å². The molecule has 1 fully saturated rings. The van der Waals surface area contributed by atoms with Crippen LogP contribution in [0.25, 0.3) is 0 Å². The van der Waals surface area contributed by atoms with Crippen molar-refractivity contribution in [1.29, 1.82) is 0 Å². The quantitative estimate of drug-likeness (QED) is 0.874. The third kappa shape index (κ3) is 3.38. The van der Waals surface area contributed by atoms with Gasteiger partial charge in [0.15, 0.2) is 0 Å². The van der Waals surface area contributed by atoms with Gasteiger partial charge in [0.05, 0.1) is 31.1 Å². The van der Waals surface area contributed by atoms with Crippen LogP contribution in [0.1, 0.15) is 45.9 Å². The van der Waals surface area contributed by atoms with Gasteiger partial charge in [0, 0.05) is 12.1 Å². The van der Waals surface area contributed by atoms with Crippen LogP contribution in [0.3, 0.4) is 0 Å². The van der Waals surface area contributed by atoms with Crippen LogP contribution >= 0.6 is 0 Å². The van der Waals surface area contributed by atoms with Gasteiger partial charge in [0.1, 0.15) is 5.75 Å². The zero-order valence-electron chi connectivity index (χ0n) is 13.8. The molecule has 21 heavy (non-hydrogen) atoms. The summed E-state index contributed by atoms with van der Waals surface area (Å²) in [7, 11) is 1.71. The zero-order valence-corrected chi connectivity index (χ0v) is 13.8. The van der Waals surface area contributed by atoms with Crippen molar-refractivity contribution >= 4 is 0 Å². The van der Waals surface area contributed by atoms with Crippen LogP contribution in [0.15, 0.2) is 18.3 Å². The minimum absolute atomic E-state index is 0.163. The summed E-state index contributed by atoms with van der Waals surface area (Å²) >= 11 is 0. The molecule has 4 heteroatoms. The molecule has 1 saturated heterocycles. The topological polar surface area (TPSA) is 43.4 Å². The van der Waals surface area contributed by atoms with Gasteiger partial charge in [-0.25, -0.2) is 0 Å². The maximum absolute atomic E-state index is 6.03. The zero-order chi connectivity index (χ0) is 15.4. The number of hydrogen-bond donors (Lipinski definition) is 1. The Balaban J connectivity index is 2.34. The van der Waals surface area contributed by atoms with Gasteiger partial charge in [-0.1, -0.05) is 13.8 Å². The van der Waals surface area contributed by atoms with Gasteiger partial charge in [-0.3, -0.25) is 4.98 Å². The molecule has 1 aromatic heterocycles. The lowest BCUT2D eigenvalue weighted by molar-refractivity contribution is 0.0472. The van der Waals surface area contributed by atoms with E-state index in [1.165, 1.54) is 0 Å². The van der Waals surface area contributed by atoms with Crippen molar-refractivity contribution in [3.63, 3.8) is 0 Å². The number of methoxy groups -OCH3 is 1. The Hall–Kier alpha value is -1.13. The minimum atomic E-state index is 0.163. The summed E-state index contributed by atoms with van der Waals surface area (Å²) in [6.45, 7) is 9.75. The Morgan fingerprint density at radius 1 is 1.33 bits per heavy atom. The van der Waals surface area contributed by atoms with E-state index >= 15 is 0 Å². The van der Waals surface area contributed by atoms with Gasteiger partial charge < -0.3 is 14.8 Å². The largest absolute Gasteiger partial charge is 0.495 e. The normalized spacial score (nSPS) is 30.3. The molecule has 5 atom stereocenters. The molecule has 0 amide bonds. The highest BCUT2D eigenvalue weighted by atomic mass is 16.5. The first kappa shape index (κ1) is 16.2. The number of rotatable bonds is 6. The first-order valence-corrected chi connectivity index (χ1v) is 7.97. The number of nitrogens with one attached hydrogen (secondary N) is 1. The standard InChI is InChI=1S/C17H28N2O2/c1-6-9-18-17(15-11(2)12(3)21-13(15)4)16-14(20-5)8-7-10-19-16/h7-8,10-13,15,17-18H,6,9H2,1-5H3. The summed E-state index contributed by atoms with van der Waals surface area (Å²) in [6, 6.07) is 4.06. The molecule has 1 N–H and O–H groups in total. The van der Waals surface area contributed by atoms with E-state index in [1.807, 2.05) is 18.3 Å². The van der Waals surface area contributed by atoms with Gasteiger partial charge in [-0.2, -0.15) is 0 Å². The van der Waals surface area contributed by atoms with Gasteiger partial charge >= 0.3 is 0 Å². The van der Waals surface area contributed by atoms with Gasteiger partial charge in [-0.15, -0.1) is 0 Å². The maximum Gasteiger partial charge on any atom is 0.141 e. The highest BCUT2D eigenvalue weighted by molar-refractivity contribution is 5.30. The van der Waals surface area contributed by atoms with Crippen LogP contribution in [0.2, 0.25) is 0 Å². The molecule has 118 valence electrons. The molecule has 1 aromatic rings. The van der Waals surface area contributed by atoms with Gasteiger partial charge in [-0.05, 0) is 44.9 Å². The number of nitrogens with zero attached hydrogens (tertiary/aromatic N) is 1. The van der Waals surface area contributed by atoms with Crippen molar-refractivity contribution in [3.05, 3.63) is 24.0 Å². The molecular weight excluding hydrogens is 264 g/mol. The van der Waals surface area contributed by atoms with E-state index in [0.717, 1.165) is 24.4 Å². The first-order valence-electron chi connectivity index (χ1n) is 7.97. The van der Waals surface area contributed by atoms with Crippen LogP contribution in [0.5, 0.6) is 5.75 Å². The third-order valence-corrected chi connectivity index (χ3v) is 4.63. The van der Waals surface area contributed by atoms with Crippen molar-refractivity contribution in [2.45, 2.75) is 52.4 Å². The van der Waals surface area contributed by atoms with Crippen LogP contribution in [-0.2, 0) is 4.74 Å². The molecule has 2 rings (SSSR count). The van der Waals surface area contributed by atoms with Crippen LogP contribution < -0.4 is 10.1 Å². The Morgan fingerprint density at radius 3 is 2.67 bits per heavy atom. The Labute approximate surface area is 128 Å². The summed E-state index contributed by atoms with van der Waals surface area (Å²) in [5.74, 6) is 1.74. The average molecular weight is 292 g/mol. The molecule has 5 unspecified atom stereocenters. The Morgan fingerprint density at radius 2 is 2.10 bits per heavy atom. The third-order valence-electron chi connectivity index (χ3n) is 4.63. The maximum atomic E-state index is 6.03. The molecule has 2 heterocycles. The molecule has 0 bridgehead atoms. The minimum Gasteiger partial charge on any atom is -0.495 e. The van der Waals surface area contributed by atoms with Gasteiger partial charge in [0.2, 0.25) is 0 Å². The predicted octanol–water partition coefficient (Wildman–Crippen LogP) is 3.19. The number of hydrogen-bond acceptors (Lipinski definition) is 4. The molecule has 0 aliphatic carbocycles. The van der Waals surface area contributed by atoms with Crippen LogP contribution in [-0.4, -0.2) is 30.8 Å². The number of ether oxygens (including phenoxy) is 2. The molecule has 4 nitrogen and oxygen atoms in total. The summed E-state index contributed by atoms with van der Waals surface area (Å²) < 4.78 is 11.6. The average Bonchev–Trinajstić information content (AvgIpc) is 2.74. The SMILES string of the molecule is CCCNC(c1ncccc1OC)C1C(C)OC(C)C1C. The molecule has 1 aliphatic heterocycles. The van der Waals surface area contributed by atoms with Crippen LogP contribution in [0, 0.1) is 11.8 Å². The lowest BCUT2D eigenvalue weighted by Gasteiger charge is -2.30. The van der Waals surface area contributed by atoms with E-state index in [4.69, 9.17) is 9.47 Å². The fourth-order valence-electron chi connectivity index (χ4n) is 3.39. The van der Waals surface area contributed by atoms with Crippen LogP contribution in [0.4, 0.5) is 0 Å². The fourth-order valence-corrected chi connectivity index (χ4v) is 3.39. The Kier molecular flexibility index (Phi) is 5.59. The van der Waals surface area contributed by atoms with E-state index in [-0.39, 0.29) is 18.2 Å². The van der Waals surface area contributed by atoms with E-state index in [2.05, 4.69) is 38.0 Å². The highest BCUT2D eigenvalue weighted by Gasteiger charge is 2.43. The second-order valence-electron chi connectivity index (χ2n) is 6.01. The summed E-state index contributed by atoms with van der Waals surface area (Å²) in [5, 5.41) is 3.66. The van der Waals surface area contributed by atoms with Crippen molar-refractivity contribution in [2.75, 3.05) is 13.7 Å².